The van der Waals surface area contributed by atoms with Crippen LogP contribution in [0.2, 0.25) is 0 Å². The molecule has 4 atom stereocenters. The number of aromatic nitrogens is 4. The van der Waals surface area contributed by atoms with Crippen molar-refractivity contribution < 1.29 is 19.1 Å². The number of benzene rings is 2. The van der Waals surface area contributed by atoms with Crippen molar-refractivity contribution >= 4 is 57.3 Å². The van der Waals surface area contributed by atoms with Crippen LogP contribution < -0.4 is 11.5 Å². The Kier molecular flexibility index (Phi) is 10.4. The van der Waals surface area contributed by atoms with Gasteiger partial charge in [0.1, 0.15) is 24.5 Å². The fourth-order valence-electron chi connectivity index (χ4n) is 4.71. The van der Waals surface area contributed by atoms with Gasteiger partial charge in [-0.05, 0) is 75.6 Å². The van der Waals surface area contributed by atoms with Gasteiger partial charge in [-0.1, -0.05) is 13.8 Å². The average molecular weight is 611 g/mol. The second-order valence-electron chi connectivity index (χ2n) is 9.85. The standard InChI is InChI=1S/C30H38N6O4S2/c1-7-23-21-11-9-19(41-5)15-25(21)35(33-23)29(31)17(3)39-27(37)13-14-28(38)40-18(4)30(32)36-26-16-20(42-6)10-12-22(26)24(8-2)34-36/h9-18,29-30H,7-8,31-32H2,1-6H3/b14-13+. The highest BCUT2D eigenvalue weighted by Gasteiger charge is 2.24. The van der Waals surface area contributed by atoms with Gasteiger partial charge in [0.2, 0.25) is 0 Å². The number of carbonyl (C=O) groups is 2. The molecule has 0 aliphatic heterocycles. The number of esters is 2. The van der Waals surface area contributed by atoms with E-state index in [4.69, 9.17) is 20.9 Å². The molecule has 4 unspecified atom stereocenters. The largest absolute Gasteiger partial charge is 0.456 e. The van der Waals surface area contributed by atoms with E-state index in [0.717, 1.165) is 68.0 Å². The van der Waals surface area contributed by atoms with Crippen molar-refractivity contribution in [2.45, 2.75) is 74.9 Å². The van der Waals surface area contributed by atoms with Crippen molar-refractivity contribution in [1.29, 1.82) is 0 Å². The first-order chi connectivity index (χ1) is 20.1. The van der Waals surface area contributed by atoms with Crippen LogP contribution in [0.15, 0.2) is 58.3 Å². The van der Waals surface area contributed by atoms with Crippen molar-refractivity contribution in [3.63, 3.8) is 0 Å². The predicted octanol–water partition coefficient (Wildman–Crippen LogP) is 4.99. The van der Waals surface area contributed by atoms with Crippen molar-refractivity contribution in [3.05, 3.63) is 59.9 Å². The third-order valence-electron chi connectivity index (χ3n) is 7.14. The molecule has 4 N–H and O–H groups in total. The Balaban J connectivity index is 1.39. The first-order valence-electron chi connectivity index (χ1n) is 13.8. The fraction of sp³-hybridized carbons (Fsp3) is 0.400. The topological polar surface area (TPSA) is 140 Å². The van der Waals surface area contributed by atoms with Gasteiger partial charge in [-0.15, -0.1) is 23.5 Å². The highest BCUT2D eigenvalue weighted by molar-refractivity contribution is 7.98. The Hall–Kier alpha value is -3.32. The highest BCUT2D eigenvalue weighted by Crippen LogP contribution is 2.28. The van der Waals surface area contributed by atoms with E-state index in [9.17, 15) is 9.59 Å². The third-order valence-corrected chi connectivity index (χ3v) is 8.59. The summed E-state index contributed by atoms with van der Waals surface area (Å²) in [4.78, 5) is 27.3. The quantitative estimate of drug-likeness (QED) is 0.128. The summed E-state index contributed by atoms with van der Waals surface area (Å²) in [6.07, 6.45) is 4.65. The molecular weight excluding hydrogens is 573 g/mol. The molecule has 2 heterocycles. The van der Waals surface area contributed by atoms with E-state index >= 15 is 0 Å². The van der Waals surface area contributed by atoms with Crippen LogP contribution in [0, 0.1) is 0 Å². The van der Waals surface area contributed by atoms with Crippen LogP contribution in [0.4, 0.5) is 0 Å². The Labute approximate surface area is 254 Å². The molecule has 0 spiro atoms. The number of thioether (sulfide) groups is 2. The lowest BCUT2D eigenvalue weighted by molar-refractivity contribution is -0.147. The van der Waals surface area contributed by atoms with Crippen molar-refractivity contribution in [3.8, 4) is 0 Å². The molecule has 0 bridgehead atoms. The summed E-state index contributed by atoms with van der Waals surface area (Å²) in [7, 11) is 0. The molecule has 4 rings (SSSR count). The number of fused-ring (bicyclic) bond motifs is 2. The second kappa shape index (κ2) is 13.8. The van der Waals surface area contributed by atoms with Crippen LogP contribution in [0.3, 0.4) is 0 Å². The van der Waals surface area contributed by atoms with Crippen LogP contribution >= 0.6 is 23.5 Å². The van der Waals surface area contributed by atoms with Gasteiger partial charge >= 0.3 is 11.9 Å². The van der Waals surface area contributed by atoms with E-state index in [1.165, 1.54) is 0 Å². The minimum Gasteiger partial charge on any atom is -0.456 e. The minimum absolute atomic E-state index is 0.719. The molecule has 0 fully saturated rings. The summed E-state index contributed by atoms with van der Waals surface area (Å²) in [6.45, 7) is 7.44. The van der Waals surface area contributed by atoms with E-state index in [2.05, 4.69) is 10.2 Å². The monoisotopic (exact) mass is 610 g/mol. The number of ether oxygens (including phenoxy) is 2. The molecule has 0 amide bonds. The van der Waals surface area contributed by atoms with Gasteiger partial charge < -0.3 is 20.9 Å². The molecule has 224 valence electrons. The van der Waals surface area contributed by atoms with Crippen LogP contribution in [0.25, 0.3) is 21.8 Å². The maximum absolute atomic E-state index is 12.6. The molecule has 0 saturated carbocycles. The molecule has 4 aromatic rings. The SMILES string of the molecule is CCc1nn(C(N)C(C)OC(=O)/C=C/C(=O)OC(C)C(N)n2nc(CC)c3ccc(SC)cc32)c2cc(SC)ccc12. The summed E-state index contributed by atoms with van der Waals surface area (Å²) < 4.78 is 14.4. The van der Waals surface area contributed by atoms with Gasteiger partial charge in [0.25, 0.3) is 0 Å². The zero-order chi connectivity index (χ0) is 30.6. The number of nitrogens with two attached hydrogens (primary N) is 2. The van der Waals surface area contributed by atoms with Crippen LogP contribution in [-0.2, 0) is 31.9 Å². The van der Waals surface area contributed by atoms with Crippen LogP contribution in [-0.4, -0.2) is 56.2 Å². The lowest BCUT2D eigenvalue weighted by Crippen LogP contribution is -2.34. The fourth-order valence-corrected chi connectivity index (χ4v) is 5.58. The van der Waals surface area contributed by atoms with E-state index < -0.39 is 36.5 Å². The molecule has 42 heavy (non-hydrogen) atoms. The third kappa shape index (κ3) is 6.67. The average Bonchev–Trinajstić information content (AvgIpc) is 3.56. The first kappa shape index (κ1) is 31.6. The molecular formula is C30H38N6O4S2. The molecule has 0 aliphatic rings. The number of aryl methyl sites for hydroxylation is 2. The molecule has 0 aliphatic carbocycles. The van der Waals surface area contributed by atoms with E-state index in [0.29, 0.717) is 0 Å². The highest BCUT2D eigenvalue weighted by atomic mass is 32.2. The zero-order valence-electron chi connectivity index (χ0n) is 24.7. The molecule has 2 aromatic carbocycles. The minimum atomic E-state index is -0.726. The Morgan fingerprint density at radius 3 is 1.50 bits per heavy atom. The molecule has 2 aromatic heterocycles. The Morgan fingerprint density at radius 2 is 1.17 bits per heavy atom. The summed E-state index contributed by atoms with van der Waals surface area (Å²) >= 11 is 3.25. The predicted molar refractivity (Wildman–Crippen MR) is 168 cm³/mol. The van der Waals surface area contributed by atoms with Gasteiger partial charge in [-0.2, -0.15) is 10.2 Å². The maximum atomic E-state index is 12.6. The summed E-state index contributed by atoms with van der Waals surface area (Å²) in [5.74, 6) is -1.45. The summed E-state index contributed by atoms with van der Waals surface area (Å²) in [5.41, 5.74) is 16.5. The van der Waals surface area contributed by atoms with Gasteiger partial charge in [-0.25, -0.2) is 19.0 Å². The lowest BCUT2D eigenvalue weighted by atomic mass is 10.2. The van der Waals surface area contributed by atoms with Crippen molar-refractivity contribution in [2.75, 3.05) is 12.5 Å². The van der Waals surface area contributed by atoms with Gasteiger partial charge in [0.15, 0.2) is 0 Å². The number of hydrogen-bond acceptors (Lipinski definition) is 10. The normalized spacial score (nSPS) is 14.8. The number of carbonyl (C=O) groups excluding carboxylic acids is 2. The van der Waals surface area contributed by atoms with E-state index in [1.54, 1.807) is 46.7 Å². The number of nitrogens with zero attached hydrogens (tertiary/aromatic N) is 4. The molecule has 10 nitrogen and oxygen atoms in total. The van der Waals surface area contributed by atoms with Gasteiger partial charge in [-0.3, -0.25) is 0 Å². The van der Waals surface area contributed by atoms with Crippen molar-refractivity contribution in [1.82, 2.24) is 19.6 Å². The van der Waals surface area contributed by atoms with Crippen molar-refractivity contribution in [2.24, 2.45) is 11.5 Å². The Bertz CT molecular complexity index is 1500. The summed E-state index contributed by atoms with van der Waals surface area (Å²) in [6, 6.07) is 12.2. The van der Waals surface area contributed by atoms with E-state index in [-0.39, 0.29) is 0 Å². The van der Waals surface area contributed by atoms with E-state index in [1.807, 2.05) is 62.8 Å². The van der Waals surface area contributed by atoms with Crippen LogP contribution in [0.5, 0.6) is 0 Å². The second-order valence-corrected chi connectivity index (χ2v) is 11.6. The molecule has 12 heteroatoms. The Morgan fingerprint density at radius 1 is 0.786 bits per heavy atom. The maximum Gasteiger partial charge on any atom is 0.331 e. The zero-order valence-corrected chi connectivity index (χ0v) is 26.4. The number of rotatable bonds is 12. The van der Waals surface area contributed by atoms with Gasteiger partial charge in [0, 0.05) is 32.7 Å². The number of hydrogen-bond donors (Lipinski definition) is 2. The van der Waals surface area contributed by atoms with Gasteiger partial charge in [0.05, 0.1) is 22.4 Å². The lowest BCUT2D eigenvalue weighted by Gasteiger charge is -2.21. The first-order valence-corrected chi connectivity index (χ1v) is 16.3. The van der Waals surface area contributed by atoms with Crippen LogP contribution in [0.1, 0.15) is 51.4 Å². The molecule has 0 saturated heterocycles. The smallest absolute Gasteiger partial charge is 0.331 e. The molecule has 0 radical (unpaired) electrons. The summed E-state index contributed by atoms with van der Waals surface area (Å²) in [5, 5.41) is 11.4.